The summed E-state index contributed by atoms with van der Waals surface area (Å²) in [5.74, 6) is 0.0833. The van der Waals surface area contributed by atoms with Gasteiger partial charge in [-0.2, -0.15) is 0 Å². The van der Waals surface area contributed by atoms with Gasteiger partial charge >= 0.3 is 0 Å². The predicted octanol–water partition coefficient (Wildman–Crippen LogP) is 3.31. The van der Waals surface area contributed by atoms with E-state index in [9.17, 15) is 15.0 Å². The fraction of sp³-hybridized carbons (Fsp3) is 0.450. The second kappa shape index (κ2) is 5.78. The van der Waals surface area contributed by atoms with Gasteiger partial charge in [-0.3, -0.25) is 4.79 Å². The molecule has 24 heavy (non-hydrogen) atoms. The van der Waals surface area contributed by atoms with Gasteiger partial charge in [-0.05, 0) is 30.7 Å². The molecule has 0 radical (unpaired) electrons. The number of carbonyl (C=O) groups excluding carboxylic acids is 1. The highest BCUT2D eigenvalue weighted by atomic mass is 16.3. The van der Waals surface area contributed by atoms with Crippen molar-refractivity contribution >= 4 is 16.7 Å². The van der Waals surface area contributed by atoms with Crippen LogP contribution in [0.15, 0.2) is 36.4 Å². The maximum atomic E-state index is 12.9. The summed E-state index contributed by atoms with van der Waals surface area (Å²) in [6.45, 7) is 1.14. The van der Waals surface area contributed by atoms with E-state index in [0.717, 1.165) is 31.1 Å². The Hall–Kier alpha value is -2.07. The average Bonchev–Trinajstić information content (AvgIpc) is 2.61. The predicted molar refractivity (Wildman–Crippen MR) is 93.0 cm³/mol. The normalized spacial score (nSPS) is 27.0. The first-order valence-electron chi connectivity index (χ1n) is 8.81. The van der Waals surface area contributed by atoms with Gasteiger partial charge in [-0.1, -0.05) is 43.2 Å². The van der Waals surface area contributed by atoms with E-state index < -0.39 is 5.60 Å². The highest BCUT2D eigenvalue weighted by Gasteiger charge is 2.44. The molecule has 1 saturated carbocycles. The van der Waals surface area contributed by atoms with Crippen LogP contribution in [0.5, 0.6) is 5.75 Å². The van der Waals surface area contributed by atoms with E-state index in [1.807, 2.05) is 30.3 Å². The highest BCUT2D eigenvalue weighted by molar-refractivity contribution is 6.03. The Kier molecular flexibility index (Phi) is 3.72. The molecule has 1 amide bonds. The number of rotatable bonds is 1. The molecule has 1 aliphatic heterocycles. The Morgan fingerprint density at radius 1 is 1.12 bits per heavy atom. The Morgan fingerprint density at radius 2 is 1.96 bits per heavy atom. The van der Waals surface area contributed by atoms with E-state index in [4.69, 9.17) is 0 Å². The summed E-state index contributed by atoms with van der Waals surface area (Å²) in [6.07, 6.45) is 4.66. The average molecular weight is 325 g/mol. The molecule has 0 aromatic heterocycles. The standard InChI is InChI=1S/C20H23NO3/c22-18-16-7-2-1-5-14(16)8-9-17(18)19(23)21-12-11-20(24)10-4-3-6-15(20)13-21/h1-2,5,7-9,15,22,24H,3-4,6,10-13H2. The molecule has 2 atom stereocenters. The molecule has 1 heterocycles. The molecule has 4 rings (SSSR count). The van der Waals surface area contributed by atoms with Gasteiger partial charge in [0.15, 0.2) is 0 Å². The zero-order chi connectivity index (χ0) is 16.7. The van der Waals surface area contributed by atoms with Crippen LogP contribution in [-0.2, 0) is 0 Å². The van der Waals surface area contributed by atoms with Crippen LogP contribution in [0.4, 0.5) is 0 Å². The lowest BCUT2D eigenvalue weighted by atomic mass is 9.71. The van der Waals surface area contributed by atoms with Crippen molar-refractivity contribution in [1.82, 2.24) is 4.90 Å². The summed E-state index contributed by atoms with van der Waals surface area (Å²) >= 11 is 0. The van der Waals surface area contributed by atoms with Crippen molar-refractivity contribution in [2.45, 2.75) is 37.7 Å². The van der Waals surface area contributed by atoms with Crippen molar-refractivity contribution in [2.75, 3.05) is 13.1 Å². The number of phenols is 1. The smallest absolute Gasteiger partial charge is 0.257 e. The Morgan fingerprint density at radius 3 is 2.83 bits per heavy atom. The molecule has 2 aromatic rings. The number of fused-ring (bicyclic) bond motifs is 2. The lowest BCUT2D eigenvalue weighted by Crippen LogP contribution is -2.54. The lowest BCUT2D eigenvalue weighted by Gasteiger charge is -2.47. The van der Waals surface area contributed by atoms with Gasteiger partial charge < -0.3 is 15.1 Å². The van der Waals surface area contributed by atoms with Crippen LogP contribution in [0, 0.1) is 5.92 Å². The molecular weight excluding hydrogens is 302 g/mol. The third kappa shape index (κ3) is 2.46. The van der Waals surface area contributed by atoms with E-state index >= 15 is 0 Å². The number of nitrogens with zero attached hydrogens (tertiary/aromatic N) is 1. The van der Waals surface area contributed by atoms with Gasteiger partial charge in [-0.15, -0.1) is 0 Å². The molecule has 4 heteroatoms. The second-order valence-electron chi connectivity index (χ2n) is 7.23. The fourth-order valence-corrected chi connectivity index (χ4v) is 4.35. The van der Waals surface area contributed by atoms with Gasteiger partial charge in [0, 0.05) is 24.4 Å². The topological polar surface area (TPSA) is 60.8 Å². The van der Waals surface area contributed by atoms with Gasteiger partial charge in [0.05, 0.1) is 11.2 Å². The van der Waals surface area contributed by atoms with Crippen molar-refractivity contribution in [3.8, 4) is 5.75 Å². The maximum Gasteiger partial charge on any atom is 0.257 e. The number of likely N-dealkylation sites (tertiary alicyclic amines) is 1. The summed E-state index contributed by atoms with van der Waals surface area (Å²) in [5, 5.41) is 22.9. The van der Waals surface area contributed by atoms with Crippen LogP contribution < -0.4 is 0 Å². The van der Waals surface area contributed by atoms with Gasteiger partial charge in [0.25, 0.3) is 5.91 Å². The van der Waals surface area contributed by atoms with Crippen LogP contribution >= 0.6 is 0 Å². The number of aromatic hydroxyl groups is 1. The van der Waals surface area contributed by atoms with Crippen LogP contribution in [0.1, 0.15) is 42.5 Å². The fourth-order valence-electron chi connectivity index (χ4n) is 4.35. The first kappa shape index (κ1) is 15.5. The second-order valence-corrected chi connectivity index (χ2v) is 7.23. The van der Waals surface area contributed by atoms with E-state index in [-0.39, 0.29) is 17.6 Å². The monoisotopic (exact) mass is 325 g/mol. The molecule has 1 saturated heterocycles. The van der Waals surface area contributed by atoms with Crippen LogP contribution in [0.2, 0.25) is 0 Å². The molecule has 2 N–H and O–H groups in total. The van der Waals surface area contributed by atoms with Crippen molar-refractivity contribution in [1.29, 1.82) is 0 Å². The number of carbonyl (C=O) groups is 1. The number of amides is 1. The summed E-state index contributed by atoms with van der Waals surface area (Å²) in [6, 6.07) is 11.1. The first-order valence-corrected chi connectivity index (χ1v) is 8.81. The number of benzene rings is 2. The Bertz CT molecular complexity index is 788. The molecule has 2 fully saturated rings. The lowest BCUT2D eigenvalue weighted by molar-refractivity contribution is -0.0886. The van der Waals surface area contributed by atoms with E-state index in [1.54, 1.807) is 11.0 Å². The van der Waals surface area contributed by atoms with Gasteiger partial charge in [-0.25, -0.2) is 0 Å². The Balaban J connectivity index is 1.61. The SMILES string of the molecule is O=C(c1ccc2ccccc2c1O)N1CCC2(O)CCCCC2C1. The van der Waals surface area contributed by atoms with Crippen LogP contribution in [-0.4, -0.2) is 39.7 Å². The number of phenolic OH excluding ortho intramolecular Hbond substituents is 1. The van der Waals surface area contributed by atoms with Crippen molar-refractivity contribution in [3.63, 3.8) is 0 Å². The third-order valence-corrected chi connectivity index (χ3v) is 5.85. The van der Waals surface area contributed by atoms with E-state index in [1.165, 1.54) is 0 Å². The molecule has 4 nitrogen and oxygen atoms in total. The molecular formula is C20H23NO3. The van der Waals surface area contributed by atoms with Crippen molar-refractivity contribution in [2.24, 2.45) is 5.92 Å². The van der Waals surface area contributed by atoms with Crippen LogP contribution in [0.25, 0.3) is 10.8 Å². The van der Waals surface area contributed by atoms with Gasteiger partial charge in [0.2, 0.25) is 0 Å². The number of piperidine rings is 1. The maximum absolute atomic E-state index is 12.9. The largest absolute Gasteiger partial charge is 0.506 e. The molecule has 2 aliphatic rings. The molecule has 1 aliphatic carbocycles. The summed E-state index contributed by atoms with van der Waals surface area (Å²) < 4.78 is 0. The molecule has 0 bridgehead atoms. The van der Waals surface area contributed by atoms with Crippen molar-refractivity contribution < 1.29 is 15.0 Å². The summed E-state index contributed by atoms with van der Waals surface area (Å²) in [4.78, 5) is 14.7. The van der Waals surface area contributed by atoms with Crippen molar-refractivity contribution in [3.05, 3.63) is 42.0 Å². The number of hydrogen-bond donors (Lipinski definition) is 2. The zero-order valence-electron chi connectivity index (χ0n) is 13.7. The Labute approximate surface area is 141 Å². The van der Waals surface area contributed by atoms with Crippen LogP contribution in [0.3, 0.4) is 0 Å². The molecule has 126 valence electrons. The summed E-state index contributed by atoms with van der Waals surface area (Å²) in [5.41, 5.74) is -0.240. The number of aliphatic hydroxyl groups is 1. The minimum Gasteiger partial charge on any atom is -0.506 e. The highest BCUT2D eigenvalue weighted by Crippen LogP contribution is 2.40. The minimum absolute atomic E-state index is 0.0579. The van der Waals surface area contributed by atoms with Gasteiger partial charge in [0.1, 0.15) is 5.75 Å². The van der Waals surface area contributed by atoms with E-state index in [2.05, 4.69) is 0 Å². The third-order valence-electron chi connectivity index (χ3n) is 5.85. The zero-order valence-corrected chi connectivity index (χ0v) is 13.7. The first-order chi connectivity index (χ1) is 11.6. The quantitative estimate of drug-likeness (QED) is 0.845. The summed E-state index contributed by atoms with van der Waals surface area (Å²) in [7, 11) is 0. The molecule has 0 spiro atoms. The molecule has 2 unspecified atom stereocenters. The van der Waals surface area contributed by atoms with E-state index in [0.29, 0.717) is 30.5 Å². The minimum atomic E-state index is -0.597. The number of hydrogen-bond acceptors (Lipinski definition) is 3. The molecule has 2 aromatic carbocycles.